The molecule has 6 heteroatoms. The van der Waals surface area contributed by atoms with Crippen molar-refractivity contribution in [2.24, 2.45) is 0 Å². The second-order valence-corrected chi connectivity index (χ2v) is 8.98. The monoisotopic (exact) mass is 469 g/mol. The molecule has 0 spiro atoms. The van der Waals surface area contributed by atoms with E-state index in [4.69, 9.17) is 4.74 Å². The van der Waals surface area contributed by atoms with E-state index < -0.39 is 5.41 Å². The number of hydrogen-bond acceptors (Lipinski definition) is 3. The van der Waals surface area contributed by atoms with Crippen LogP contribution in [0.2, 0.25) is 0 Å². The number of aromatic nitrogens is 2. The first-order chi connectivity index (χ1) is 17.1. The Kier molecular flexibility index (Phi) is 6.73. The molecule has 178 valence electrons. The van der Waals surface area contributed by atoms with Crippen molar-refractivity contribution in [1.29, 1.82) is 0 Å². The summed E-state index contributed by atoms with van der Waals surface area (Å²) in [5, 5.41) is 3.15. The molecule has 0 saturated carbocycles. The summed E-state index contributed by atoms with van der Waals surface area (Å²) < 4.78 is 21.6. The van der Waals surface area contributed by atoms with Gasteiger partial charge in [-0.3, -0.25) is 4.79 Å². The molecule has 0 bridgehead atoms. The zero-order valence-electron chi connectivity index (χ0n) is 19.5. The first-order valence-corrected chi connectivity index (χ1v) is 11.9. The molecule has 1 aliphatic rings. The van der Waals surface area contributed by atoms with E-state index in [1.165, 1.54) is 17.7 Å². The van der Waals surface area contributed by atoms with Crippen molar-refractivity contribution in [3.05, 3.63) is 114 Å². The molecule has 0 unspecified atom stereocenters. The summed E-state index contributed by atoms with van der Waals surface area (Å²) in [6.45, 7) is 2.12. The van der Waals surface area contributed by atoms with Crippen LogP contribution in [0.1, 0.15) is 29.5 Å². The Morgan fingerprint density at radius 1 is 1.03 bits per heavy atom. The second-order valence-electron chi connectivity index (χ2n) is 8.98. The molecular formula is C29H28FN3O2. The van der Waals surface area contributed by atoms with Gasteiger partial charge in [0, 0.05) is 38.7 Å². The first-order valence-electron chi connectivity index (χ1n) is 11.9. The highest BCUT2D eigenvalue weighted by molar-refractivity contribution is 5.88. The maximum Gasteiger partial charge on any atom is 0.231 e. The smallest absolute Gasteiger partial charge is 0.231 e. The lowest BCUT2D eigenvalue weighted by molar-refractivity contribution is -0.130. The third-order valence-corrected chi connectivity index (χ3v) is 6.80. The van der Waals surface area contributed by atoms with Gasteiger partial charge in [-0.1, -0.05) is 60.7 Å². The van der Waals surface area contributed by atoms with Gasteiger partial charge in [0.15, 0.2) is 0 Å². The molecule has 1 N–H and O–H groups in total. The Labute approximate surface area is 204 Å². The van der Waals surface area contributed by atoms with Gasteiger partial charge in [-0.15, -0.1) is 0 Å². The Morgan fingerprint density at radius 3 is 2.57 bits per heavy atom. The van der Waals surface area contributed by atoms with E-state index in [2.05, 4.69) is 40.6 Å². The highest BCUT2D eigenvalue weighted by Crippen LogP contribution is 2.36. The van der Waals surface area contributed by atoms with Crippen molar-refractivity contribution < 1.29 is 13.9 Å². The number of benzene rings is 3. The van der Waals surface area contributed by atoms with Gasteiger partial charge in [0.2, 0.25) is 5.91 Å². The standard InChI is InChI=1S/C29H28FN3O2/c30-26-6-3-5-25(18-26)29(12-16-35-17-13-29)28(34)32-19-24-4-1-2-7-27(24)23-10-8-22(9-11-23)20-33-15-14-31-21-33/h1-11,14-15,18,21H,12-13,16-17,19-20H2,(H,32,34). The SMILES string of the molecule is O=C(NCc1ccccc1-c1ccc(Cn2ccnc2)cc1)C1(c2cccc(F)c2)CCOCC1. The van der Waals surface area contributed by atoms with Crippen LogP contribution in [0.4, 0.5) is 4.39 Å². The number of carbonyl (C=O) groups is 1. The molecule has 1 amide bonds. The summed E-state index contributed by atoms with van der Waals surface area (Å²) >= 11 is 0. The third-order valence-electron chi connectivity index (χ3n) is 6.80. The summed E-state index contributed by atoms with van der Waals surface area (Å²) in [6, 6.07) is 22.9. The molecule has 2 heterocycles. The van der Waals surface area contributed by atoms with Crippen LogP contribution in [0.25, 0.3) is 11.1 Å². The molecule has 5 rings (SSSR count). The normalized spacial score (nSPS) is 15.0. The molecule has 35 heavy (non-hydrogen) atoms. The van der Waals surface area contributed by atoms with Crippen LogP contribution in [0.15, 0.2) is 91.5 Å². The topological polar surface area (TPSA) is 56.2 Å². The molecule has 0 radical (unpaired) electrons. The van der Waals surface area contributed by atoms with E-state index in [0.29, 0.717) is 38.2 Å². The molecule has 0 aliphatic carbocycles. The number of amides is 1. The minimum absolute atomic E-state index is 0.0862. The van der Waals surface area contributed by atoms with Gasteiger partial charge in [0.25, 0.3) is 0 Å². The summed E-state index contributed by atoms with van der Waals surface area (Å²) in [5.74, 6) is -0.417. The van der Waals surface area contributed by atoms with E-state index >= 15 is 0 Å². The molecule has 1 aromatic heterocycles. The lowest BCUT2D eigenvalue weighted by atomic mass is 9.73. The van der Waals surface area contributed by atoms with Crippen LogP contribution in [-0.2, 0) is 28.0 Å². The van der Waals surface area contributed by atoms with E-state index in [1.54, 1.807) is 18.6 Å². The van der Waals surface area contributed by atoms with Crippen LogP contribution in [0.5, 0.6) is 0 Å². The van der Waals surface area contributed by atoms with Crippen molar-refractivity contribution in [3.63, 3.8) is 0 Å². The number of nitrogens with zero attached hydrogens (tertiary/aromatic N) is 2. The fourth-order valence-electron chi connectivity index (χ4n) is 4.83. The summed E-state index contributed by atoms with van der Waals surface area (Å²) in [7, 11) is 0. The minimum Gasteiger partial charge on any atom is -0.381 e. The van der Waals surface area contributed by atoms with Crippen LogP contribution < -0.4 is 5.32 Å². The van der Waals surface area contributed by atoms with Gasteiger partial charge in [-0.25, -0.2) is 9.37 Å². The van der Waals surface area contributed by atoms with Crippen molar-refractivity contribution in [1.82, 2.24) is 14.9 Å². The van der Waals surface area contributed by atoms with Gasteiger partial charge in [0.05, 0.1) is 11.7 Å². The van der Waals surface area contributed by atoms with E-state index in [0.717, 1.165) is 23.2 Å². The molecular weight excluding hydrogens is 441 g/mol. The predicted octanol–water partition coefficient (Wildman–Crippen LogP) is 5.10. The molecule has 0 atom stereocenters. The quantitative estimate of drug-likeness (QED) is 0.410. The maximum atomic E-state index is 14.0. The zero-order valence-corrected chi connectivity index (χ0v) is 19.5. The number of rotatable bonds is 7. The summed E-state index contributed by atoms with van der Waals surface area (Å²) in [5.41, 5.74) is 4.31. The van der Waals surface area contributed by atoms with Crippen LogP contribution in [-0.4, -0.2) is 28.7 Å². The number of imidazole rings is 1. The maximum absolute atomic E-state index is 14.0. The number of nitrogens with one attached hydrogen (secondary N) is 1. The third kappa shape index (κ3) is 5.03. The number of ether oxygens (including phenoxy) is 1. The van der Waals surface area contributed by atoms with E-state index in [1.807, 2.05) is 35.0 Å². The Balaban J connectivity index is 1.34. The summed E-state index contributed by atoms with van der Waals surface area (Å²) in [6.07, 6.45) is 6.59. The second kappa shape index (κ2) is 10.2. The molecule has 3 aromatic carbocycles. The van der Waals surface area contributed by atoms with Crippen LogP contribution in [0, 0.1) is 5.82 Å². The lowest BCUT2D eigenvalue weighted by Crippen LogP contribution is -2.47. The van der Waals surface area contributed by atoms with Crippen molar-refractivity contribution in [3.8, 4) is 11.1 Å². The number of hydrogen-bond donors (Lipinski definition) is 1. The highest BCUT2D eigenvalue weighted by atomic mass is 19.1. The highest BCUT2D eigenvalue weighted by Gasteiger charge is 2.41. The molecule has 1 aliphatic heterocycles. The van der Waals surface area contributed by atoms with Crippen molar-refractivity contribution >= 4 is 5.91 Å². The molecule has 1 fully saturated rings. The van der Waals surface area contributed by atoms with Crippen LogP contribution >= 0.6 is 0 Å². The van der Waals surface area contributed by atoms with Gasteiger partial charge in [0.1, 0.15) is 5.82 Å². The fourth-order valence-corrected chi connectivity index (χ4v) is 4.83. The molecule has 1 saturated heterocycles. The first kappa shape index (κ1) is 23.0. The average Bonchev–Trinajstić information content (AvgIpc) is 3.41. The van der Waals surface area contributed by atoms with Gasteiger partial charge in [-0.2, -0.15) is 0 Å². The fraction of sp³-hybridized carbons (Fsp3) is 0.241. The Hall–Kier alpha value is -3.77. The predicted molar refractivity (Wildman–Crippen MR) is 133 cm³/mol. The Bertz CT molecular complexity index is 1280. The van der Waals surface area contributed by atoms with Crippen LogP contribution in [0.3, 0.4) is 0 Å². The van der Waals surface area contributed by atoms with Crippen molar-refractivity contribution in [2.45, 2.75) is 31.3 Å². The average molecular weight is 470 g/mol. The van der Waals surface area contributed by atoms with Gasteiger partial charge in [-0.05, 0) is 52.8 Å². The van der Waals surface area contributed by atoms with E-state index in [-0.39, 0.29) is 11.7 Å². The Morgan fingerprint density at radius 2 is 1.83 bits per heavy atom. The van der Waals surface area contributed by atoms with Gasteiger partial charge >= 0.3 is 0 Å². The minimum atomic E-state index is -0.787. The van der Waals surface area contributed by atoms with Crippen molar-refractivity contribution in [2.75, 3.05) is 13.2 Å². The van der Waals surface area contributed by atoms with E-state index in [9.17, 15) is 9.18 Å². The number of halogens is 1. The lowest BCUT2D eigenvalue weighted by Gasteiger charge is -2.36. The molecule has 4 aromatic rings. The zero-order chi connectivity index (χ0) is 24.1. The molecule has 5 nitrogen and oxygen atoms in total. The number of carbonyl (C=O) groups excluding carboxylic acids is 1. The van der Waals surface area contributed by atoms with Gasteiger partial charge < -0.3 is 14.6 Å². The largest absolute Gasteiger partial charge is 0.381 e. The summed E-state index contributed by atoms with van der Waals surface area (Å²) in [4.78, 5) is 17.6.